The zero-order valence-corrected chi connectivity index (χ0v) is 11.9. The molecule has 5 nitrogen and oxygen atoms in total. The van der Waals surface area contributed by atoms with Gasteiger partial charge in [-0.05, 0) is 18.9 Å². The molecular weight excluding hydrogens is 232 g/mol. The number of carboxylic acids is 1. The Hall–Kier alpha value is -1.10. The van der Waals surface area contributed by atoms with Gasteiger partial charge < -0.3 is 15.3 Å². The van der Waals surface area contributed by atoms with Gasteiger partial charge in [-0.3, -0.25) is 9.59 Å². The number of aliphatic carboxylic acids is 1. The van der Waals surface area contributed by atoms with Crippen molar-refractivity contribution in [1.82, 2.24) is 10.2 Å². The van der Waals surface area contributed by atoms with E-state index in [9.17, 15) is 9.59 Å². The normalized spacial score (nSPS) is 12.8. The summed E-state index contributed by atoms with van der Waals surface area (Å²) in [5.41, 5.74) is 0. The summed E-state index contributed by atoms with van der Waals surface area (Å²) in [6, 6.07) is 0. The van der Waals surface area contributed by atoms with Gasteiger partial charge in [0.05, 0.1) is 5.92 Å². The molecule has 0 aliphatic heterocycles. The van der Waals surface area contributed by atoms with Gasteiger partial charge in [0.15, 0.2) is 0 Å². The van der Waals surface area contributed by atoms with E-state index in [4.69, 9.17) is 5.11 Å². The zero-order valence-electron chi connectivity index (χ0n) is 11.9. The molecule has 1 atom stereocenters. The van der Waals surface area contributed by atoms with E-state index in [0.717, 1.165) is 19.5 Å². The Bertz CT molecular complexity index is 267. The average molecular weight is 258 g/mol. The van der Waals surface area contributed by atoms with Crippen LogP contribution in [0.25, 0.3) is 0 Å². The molecule has 2 N–H and O–H groups in total. The first-order valence-corrected chi connectivity index (χ1v) is 6.52. The molecule has 106 valence electrons. The third-order valence-electron chi connectivity index (χ3n) is 2.60. The fourth-order valence-electron chi connectivity index (χ4n) is 1.81. The molecule has 1 amide bonds. The Balaban J connectivity index is 4.06. The van der Waals surface area contributed by atoms with E-state index in [2.05, 4.69) is 24.1 Å². The maximum atomic E-state index is 10.9. The Kier molecular flexibility index (Phi) is 8.37. The van der Waals surface area contributed by atoms with Crippen molar-refractivity contribution >= 4 is 11.9 Å². The van der Waals surface area contributed by atoms with Gasteiger partial charge in [-0.15, -0.1) is 0 Å². The second-order valence-corrected chi connectivity index (χ2v) is 5.23. The Morgan fingerprint density at radius 2 is 1.83 bits per heavy atom. The van der Waals surface area contributed by atoms with Gasteiger partial charge in [-0.2, -0.15) is 0 Å². The SMILES string of the molecule is CC(=O)NCCCN(CC(C)C)CC(C)C(=O)O. The van der Waals surface area contributed by atoms with Crippen molar-refractivity contribution in [2.24, 2.45) is 11.8 Å². The minimum Gasteiger partial charge on any atom is -0.481 e. The van der Waals surface area contributed by atoms with Crippen LogP contribution in [0.15, 0.2) is 0 Å². The van der Waals surface area contributed by atoms with Crippen LogP contribution in [0.3, 0.4) is 0 Å². The molecule has 1 unspecified atom stereocenters. The summed E-state index contributed by atoms with van der Waals surface area (Å²) < 4.78 is 0. The lowest BCUT2D eigenvalue weighted by Crippen LogP contribution is -2.36. The molecule has 0 aliphatic rings. The van der Waals surface area contributed by atoms with Crippen molar-refractivity contribution < 1.29 is 14.7 Å². The largest absolute Gasteiger partial charge is 0.481 e. The minimum absolute atomic E-state index is 0.0238. The van der Waals surface area contributed by atoms with E-state index in [-0.39, 0.29) is 11.8 Å². The van der Waals surface area contributed by atoms with E-state index in [1.54, 1.807) is 6.92 Å². The van der Waals surface area contributed by atoms with E-state index in [1.807, 2.05) is 0 Å². The van der Waals surface area contributed by atoms with Gasteiger partial charge in [0.1, 0.15) is 0 Å². The number of carbonyl (C=O) groups excluding carboxylic acids is 1. The highest BCUT2D eigenvalue weighted by molar-refractivity contribution is 5.72. The summed E-state index contributed by atoms with van der Waals surface area (Å²) in [6.45, 7) is 10.4. The number of carbonyl (C=O) groups is 2. The molecule has 0 aromatic heterocycles. The monoisotopic (exact) mass is 258 g/mol. The fourth-order valence-corrected chi connectivity index (χ4v) is 1.81. The second kappa shape index (κ2) is 8.91. The molecule has 0 aromatic rings. The summed E-state index contributed by atoms with van der Waals surface area (Å²) in [5.74, 6) is -0.633. The molecular formula is C13H26N2O3. The second-order valence-electron chi connectivity index (χ2n) is 5.23. The summed E-state index contributed by atoms with van der Waals surface area (Å²) in [6.07, 6.45) is 0.846. The molecule has 0 fully saturated rings. The minimum atomic E-state index is -0.759. The first-order chi connectivity index (χ1) is 8.32. The lowest BCUT2D eigenvalue weighted by molar-refractivity contribution is -0.141. The van der Waals surface area contributed by atoms with Gasteiger partial charge in [0.2, 0.25) is 5.91 Å². The molecule has 0 radical (unpaired) electrons. The molecule has 0 saturated heterocycles. The predicted octanol–water partition coefficient (Wildman–Crippen LogP) is 1.19. The molecule has 0 aromatic carbocycles. The number of hydrogen-bond acceptors (Lipinski definition) is 3. The van der Waals surface area contributed by atoms with Crippen LogP contribution in [0.5, 0.6) is 0 Å². The van der Waals surface area contributed by atoms with Gasteiger partial charge in [0.25, 0.3) is 0 Å². The molecule has 18 heavy (non-hydrogen) atoms. The van der Waals surface area contributed by atoms with Gasteiger partial charge >= 0.3 is 5.97 Å². The van der Waals surface area contributed by atoms with Crippen LogP contribution in [0.1, 0.15) is 34.1 Å². The molecule has 0 heterocycles. The van der Waals surface area contributed by atoms with Crippen LogP contribution < -0.4 is 5.32 Å². The first-order valence-electron chi connectivity index (χ1n) is 6.52. The van der Waals surface area contributed by atoms with Crippen LogP contribution in [-0.2, 0) is 9.59 Å². The molecule has 0 saturated carbocycles. The van der Waals surface area contributed by atoms with E-state index < -0.39 is 5.97 Å². The number of nitrogens with zero attached hydrogens (tertiary/aromatic N) is 1. The number of nitrogens with one attached hydrogen (secondary N) is 1. The van der Waals surface area contributed by atoms with Crippen LogP contribution in [0.2, 0.25) is 0 Å². The average Bonchev–Trinajstić information content (AvgIpc) is 2.22. The van der Waals surface area contributed by atoms with Gasteiger partial charge in [-0.25, -0.2) is 0 Å². The molecule has 0 spiro atoms. The maximum absolute atomic E-state index is 10.9. The molecule has 5 heteroatoms. The molecule has 0 aliphatic carbocycles. The lowest BCUT2D eigenvalue weighted by Gasteiger charge is -2.25. The Morgan fingerprint density at radius 1 is 1.22 bits per heavy atom. The van der Waals surface area contributed by atoms with Gasteiger partial charge in [-0.1, -0.05) is 20.8 Å². The van der Waals surface area contributed by atoms with E-state index in [0.29, 0.717) is 19.0 Å². The van der Waals surface area contributed by atoms with Crippen molar-refractivity contribution in [3.63, 3.8) is 0 Å². The fraction of sp³-hybridized carbons (Fsp3) is 0.846. The highest BCUT2D eigenvalue weighted by atomic mass is 16.4. The highest BCUT2D eigenvalue weighted by Crippen LogP contribution is 2.05. The summed E-state index contributed by atoms with van der Waals surface area (Å²) >= 11 is 0. The van der Waals surface area contributed by atoms with Gasteiger partial charge in [0, 0.05) is 26.6 Å². The van der Waals surface area contributed by atoms with Crippen LogP contribution in [-0.4, -0.2) is 48.1 Å². The van der Waals surface area contributed by atoms with Crippen LogP contribution in [0, 0.1) is 11.8 Å². The van der Waals surface area contributed by atoms with Crippen molar-refractivity contribution in [1.29, 1.82) is 0 Å². The van der Waals surface area contributed by atoms with Crippen molar-refractivity contribution in [3.8, 4) is 0 Å². The standard InChI is InChI=1S/C13H26N2O3/c1-10(2)8-15(9-11(3)13(17)18)7-5-6-14-12(4)16/h10-11H,5-9H2,1-4H3,(H,14,16)(H,17,18). The summed E-state index contributed by atoms with van der Waals surface area (Å²) in [5, 5.41) is 11.7. The summed E-state index contributed by atoms with van der Waals surface area (Å²) in [4.78, 5) is 23.7. The van der Waals surface area contributed by atoms with Crippen molar-refractivity contribution in [2.75, 3.05) is 26.2 Å². The van der Waals surface area contributed by atoms with Crippen LogP contribution in [0.4, 0.5) is 0 Å². The van der Waals surface area contributed by atoms with Crippen molar-refractivity contribution in [2.45, 2.75) is 34.1 Å². The van der Waals surface area contributed by atoms with E-state index >= 15 is 0 Å². The quantitative estimate of drug-likeness (QED) is 0.610. The lowest BCUT2D eigenvalue weighted by atomic mass is 10.1. The Labute approximate surface area is 110 Å². The number of carboxylic acid groups (broad SMARTS) is 1. The molecule has 0 rings (SSSR count). The first kappa shape index (κ1) is 16.9. The third-order valence-corrected chi connectivity index (χ3v) is 2.60. The summed E-state index contributed by atoms with van der Waals surface area (Å²) in [7, 11) is 0. The topological polar surface area (TPSA) is 69.6 Å². The zero-order chi connectivity index (χ0) is 14.1. The van der Waals surface area contributed by atoms with E-state index in [1.165, 1.54) is 6.92 Å². The number of hydrogen-bond donors (Lipinski definition) is 2. The highest BCUT2D eigenvalue weighted by Gasteiger charge is 2.16. The van der Waals surface area contributed by atoms with Crippen LogP contribution >= 0.6 is 0 Å². The maximum Gasteiger partial charge on any atom is 0.307 e. The predicted molar refractivity (Wildman–Crippen MR) is 71.4 cm³/mol. The number of rotatable bonds is 9. The molecule has 0 bridgehead atoms. The Morgan fingerprint density at radius 3 is 2.28 bits per heavy atom. The number of amides is 1. The van der Waals surface area contributed by atoms with Crippen molar-refractivity contribution in [3.05, 3.63) is 0 Å². The third kappa shape index (κ3) is 8.98. The smallest absolute Gasteiger partial charge is 0.307 e.